The summed E-state index contributed by atoms with van der Waals surface area (Å²) >= 11 is 0. The van der Waals surface area contributed by atoms with E-state index in [0.29, 0.717) is 13.2 Å². The molecule has 0 bridgehead atoms. The Morgan fingerprint density at radius 1 is 1.23 bits per heavy atom. The van der Waals surface area contributed by atoms with Crippen molar-refractivity contribution in [2.24, 2.45) is 0 Å². The number of rotatable bonds is 6. The smallest absolute Gasteiger partial charge is 0.138 e. The van der Waals surface area contributed by atoms with Crippen LogP contribution in [0.15, 0.2) is 41.2 Å². The molecule has 4 heterocycles. The molecule has 26 heavy (non-hydrogen) atoms. The van der Waals surface area contributed by atoms with Crippen molar-refractivity contribution in [3.63, 3.8) is 0 Å². The third kappa shape index (κ3) is 3.54. The monoisotopic (exact) mass is 353 g/mol. The van der Waals surface area contributed by atoms with E-state index in [0.717, 1.165) is 36.8 Å². The third-order valence-corrected chi connectivity index (χ3v) is 4.80. The molecule has 3 aromatic heterocycles. The number of aryl methyl sites for hydroxylation is 2. The molecular weight excluding hydrogens is 330 g/mol. The lowest BCUT2D eigenvalue weighted by atomic mass is 10.1. The zero-order chi connectivity index (χ0) is 17.9. The average Bonchev–Trinajstić information content (AvgIpc) is 3.24. The molecule has 1 aliphatic heterocycles. The van der Waals surface area contributed by atoms with Gasteiger partial charge < -0.3 is 9.26 Å². The fraction of sp³-hybridized carbons (Fsp3) is 0.421. The van der Waals surface area contributed by atoms with Crippen LogP contribution < -0.4 is 0 Å². The number of fused-ring (bicyclic) bond motifs is 1. The van der Waals surface area contributed by atoms with Crippen LogP contribution in [-0.4, -0.2) is 38.0 Å². The SMILES string of the molecule is Cc1noc(C)c1CN1Cc2ccnn2C(COCc2ccccn2)C1. The quantitative estimate of drug-likeness (QED) is 0.679. The summed E-state index contributed by atoms with van der Waals surface area (Å²) in [6.45, 7) is 7.64. The van der Waals surface area contributed by atoms with Crippen LogP contribution in [0.1, 0.15) is 34.4 Å². The molecule has 3 aromatic rings. The van der Waals surface area contributed by atoms with E-state index >= 15 is 0 Å². The van der Waals surface area contributed by atoms with Gasteiger partial charge in [0, 0.05) is 37.6 Å². The molecule has 0 fully saturated rings. The summed E-state index contributed by atoms with van der Waals surface area (Å²) < 4.78 is 13.3. The highest BCUT2D eigenvalue weighted by molar-refractivity contribution is 5.21. The maximum absolute atomic E-state index is 5.94. The van der Waals surface area contributed by atoms with Gasteiger partial charge in [0.1, 0.15) is 5.76 Å². The zero-order valence-electron chi connectivity index (χ0n) is 15.1. The van der Waals surface area contributed by atoms with Gasteiger partial charge in [0.15, 0.2) is 0 Å². The van der Waals surface area contributed by atoms with Gasteiger partial charge in [-0.3, -0.25) is 14.6 Å². The lowest BCUT2D eigenvalue weighted by Crippen LogP contribution is -2.39. The molecule has 0 radical (unpaired) electrons. The van der Waals surface area contributed by atoms with Gasteiger partial charge in [0.05, 0.1) is 36.3 Å². The Kier molecular flexibility index (Phi) is 4.81. The molecule has 4 rings (SSSR count). The Morgan fingerprint density at radius 3 is 2.92 bits per heavy atom. The van der Waals surface area contributed by atoms with Crippen LogP contribution in [0.2, 0.25) is 0 Å². The van der Waals surface area contributed by atoms with Gasteiger partial charge in [-0.1, -0.05) is 11.2 Å². The Hall–Kier alpha value is -2.51. The van der Waals surface area contributed by atoms with E-state index < -0.39 is 0 Å². The molecule has 0 spiro atoms. The first-order valence-corrected chi connectivity index (χ1v) is 8.85. The maximum atomic E-state index is 5.94. The van der Waals surface area contributed by atoms with Gasteiger partial charge in [0.2, 0.25) is 0 Å². The van der Waals surface area contributed by atoms with Crippen LogP contribution in [0.5, 0.6) is 0 Å². The summed E-state index contributed by atoms with van der Waals surface area (Å²) in [4.78, 5) is 6.71. The van der Waals surface area contributed by atoms with Gasteiger partial charge in [0.25, 0.3) is 0 Å². The number of aromatic nitrogens is 4. The van der Waals surface area contributed by atoms with Crippen molar-refractivity contribution in [3.8, 4) is 0 Å². The first-order chi connectivity index (χ1) is 12.7. The summed E-state index contributed by atoms with van der Waals surface area (Å²) in [6.07, 6.45) is 3.65. The minimum atomic E-state index is 0.179. The van der Waals surface area contributed by atoms with Crippen molar-refractivity contribution < 1.29 is 9.26 Å². The second-order valence-corrected chi connectivity index (χ2v) is 6.73. The summed E-state index contributed by atoms with van der Waals surface area (Å²) in [5, 5.41) is 8.56. The highest BCUT2D eigenvalue weighted by Crippen LogP contribution is 2.24. The van der Waals surface area contributed by atoms with Crippen LogP contribution in [0, 0.1) is 13.8 Å². The standard InChI is InChI=1S/C19H23N5O2/c1-14-19(15(2)26-22-14)11-23-9-17-6-8-21-24(17)18(10-23)13-25-12-16-5-3-4-7-20-16/h3-8,18H,9-13H2,1-2H3. The van der Waals surface area contributed by atoms with Gasteiger partial charge >= 0.3 is 0 Å². The van der Waals surface area contributed by atoms with Crippen LogP contribution >= 0.6 is 0 Å². The van der Waals surface area contributed by atoms with Crippen molar-refractivity contribution in [2.75, 3.05) is 13.2 Å². The molecule has 0 saturated heterocycles. The number of hydrogen-bond donors (Lipinski definition) is 0. The van der Waals surface area contributed by atoms with Crippen molar-refractivity contribution in [3.05, 3.63) is 65.1 Å². The number of ether oxygens (including phenoxy) is 1. The Bertz CT molecular complexity index is 838. The Labute approximate surface area is 152 Å². The normalized spacial score (nSPS) is 17.4. The van der Waals surface area contributed by atoms with Gasteiger partial charge in [-0.05, 0) is 32.0 Å². The minimum absolute atomic E-state index is 0.179. The largest absolute Gasteiger partial charge is 0.373 e. The molecule has 7 nitrogen and oxygen atoms in total. The summed E-state index contributed by atoms with van der Waals surface area (Å²) in [5.41, 5.74) is 4.28. The second kappa shape index (κ2) is 7.39. The summed E-state index contributed by atoms with van der Waals surface area (Å²) in [6, 6.07) is 8.11. The van der Waals surface area contributed by atoms with E-state index in [1.54, 1.807) is 6.20 Å². The molecule has 0 saturated carbocycles. The molecule has 7 heteroatoms. The van der Waals surface area contributed by atoms with Gasteiger partial charge in [-0.25, -0.2) is 0 Å². The van der Waals surface area contributed by atoms with E-state index in [1.807, 2.05) is 38.2 Å². The van der Waals surface area contributed by atoms with Crippen molar-refractivity contribution >= 4 is 0 Å². The molecule has 0 aromatic carbocycles. The fourth-order valence-electron chi connectivity index (χ4n) is 3.44. The van der Waals surface area contributed by atoms with E-state index in [9.17, 15) is 0 Å². The molecule has 0 N–H and O–H groups in total. The number of nitrogens with zero attached hydrogens (tertiary/aromatic N) is 5. The van der Waals surface area contributed by atoms with E-state index in [2.05, 4.69) is 30.9 Å². The average molecular weight is 353 g/mol. The van der Waals surface area contributed by atoms with Crippen molar-refractivity contribution in [1.29, 1.82) is 0 Å². The molecule has 0 amide bonds. The molecule has 0 aliphatic carbocycles. The van der Waals surface area contributed by atoms with Crippen LogP contribution in [0.4, 0.5) is 0 Å². The first-order valence-electron chi connectivity index (χ1n) is 8.85. The van der Waals surface area contributed by atoms with E-state index in [-0.39, 0.29) is 6.04 Å². The fourth-order valence-corrected chi connectivity index (χ4v) is 3.44. The molecule has 136 valence electrons. The molecule has 1 aliphatic rings. The first kappa shape index (κ1) is 16.9. The molecule has 1 atom stereocenters. The van der Waals surface area contributed by atoms with Crippen LogP contribution in [-0.2, 0) is 24.4 Å². The van der Waals surface area contributed by atoms with E-state index in [4.69, 9.17) is 9.26 Å². The highest BCUT2D eigenvalue weighted by Gasteiger charge is 2.27. The highest BCUT2D eigenvalue weighted by atomic mass is 16.5. The zero-order valence-corrected chi connectivity index (χ0v) is 15.1. The van der Waals surface area contributed by atoms with E-state index in [1.165, 1.54) is 11.3 Å². The summed E-state index contributed by atoms with van der Waals surface area (Å²) in [7, 11) is 0. The van der Waals surface area contributed by atoms with Crippen molar-refractivity contribution in [1.82, 2.24) is 24.8 Å². The number of hydrogen-bond acceptors (Lipinski definition) is 6. The van der Waals surface area contributed by atoms with Crippen LogP contribution in [0.3, 0.4) is 0 Å². The Morgan fingerprint density at radius 2 is 2.15 bits per heavy atom. The van der Waals surface area contributed by atoms with Crippen molar-refractivity contribution in [2.45, 2.75) is 39.6 Å². The lowest BCUT2D eigenvalue weighted by molar-refractivity contribution is 0.0518. The maximum Gasteiger partial charge on any atom is 0.138 e. The predicted octanol–water partition coefficient (Wildman–Crippen LogP) is 2.66. The third-order valence-electron chi connectivity index (χ3n) is 4.80. The predicted molar refractivity (Wildman–Crippen MR) is 95.2 cm³/mol. The Balaban J connectivity index is 1.43. The number of pyridine rings is 1. The molecular formula is C19H23N5O2. The van der Waals surface area contributed by atoms with Gasteiger partial charge in [-0.15, -0.1) is 0 Å². The lowest BCUT2D eigenvalue weighted by Gasteiger charge is -2.33. The minimum Gasteiger partial charge on any atom is -0.373 e. The van der Waals surface area contributed by atoms with Crippen LogP contribution in [0.25, 0.3) is 0 Å². The second-order valence-electron chi connectivity index (χ2n) is 6.73. The summed E-state index contributed by atoms with van der Waals surface area (Å²) in [5.74, 6) is 0.893. The molecule has 1 unspecified atom stereocenters. The topological polar surface area (TPSA) is 69.2 Å². The van der Waals surface area contributed by atoms with Gasteiger partial charge in [-0.2, -0.15) is 5.10 Å².